The van der Waals surface area contributed by atoms with Crippen molar-refractivity contribution < 1.29 is 0 Å². The van der Waals surface area contributed by atoms with E-state index in [1.807, 2.05) is 0 Å². The molecule has 0 unspecified atom stereocenters. The van der Waals surface area contributed by atoms with Gasteiger partial charge in [0.25, 0.3) is 0 Å². The highest BCUT2D eigenvalue weighted by Crippen LogP contribution is 2.28. The van der Waals surface area contributed by atoms with Gasteiger partial charge < -0.3 is 0 Å². The molecule has 0 atom stereocenters. The van der Waals surface area contributed by atoms with Gasteiger partial charge in [0.1, 0.15) is 0 Å². The van der Waals surface area contributed by atoms with Crippen LogP contribution in [-0.2, 0) is 0 Å². The SMILES string of the molecule is CCC=C(C)c1ccccc1-c1ccccc1. The molecule has 2 aromatic rings. The molecule has 0 amide bonds. The smallest absolute Gasteiger partial charge is 0.0109 e. The van der Waals surface area contributed by atoms with Gasteiger partial charge in [0.15, 0.2) is 0 Å². The quantitative estimate of drug-likeness (QED) is 0.672. The minimum atomic E-state index is 1.08. The maximum atomic E-state index is 2.28. The largest absolute Gasteiger partial charge is 0.0813 e. The van der Waals surface area contributed by atoms with Crippen LogP contribution in [0.1, 0.15) is 25.8 Å². The topological polar surface area (TPSA) is 0 Å². The second kappa shape index (κ2) is 5.49. The summed E-state index contributed by atoms with van der Waals surface area (Å²) in [6, 6.07) is 19.2. The predicted octanol–water partition coefficient (Wildman–Crippen LogP) is 5.17. The first-order chi connectivity index (χ1) is 8.33. The molecule has 0 aliphatic heterocycles. The van der Waals surface area contributed by atoms with Gasteiger partial charge in [-0.2, -0.15) is 0 Å². The van der Waals surface area contributed by atoms with E-state index < -0.39 is 0 Å². The molecule has 2 rings (SSSR count). The Hall–Kier alpha value is -1.82. The van der Waals surface area contributed by atoms with Crippen molar-refractivity contribution in [1.82, 2.24) is 0 Å². The zero-order valence-corrected chi connectivity index (χ0v) is 10.5. The van der Waals surface area contributed by atoms with Gasteiger partial charge in [-0.05, 0) is 35.6 Å². The number of hydrogen-bond donors (Lipinski definition) is 0. The minimum Gasteiger partial charge on any atom is -0.0813 e. The molecule has 0 aliphatic rings. The summed E-state index contributed by atoms with van der Waals surface area (Å²) in [7, 11) is 0. The molecular weight excluding hydrogens is 204 g/mol. The Morgan fingerprint density at radius 3 is 2.29 bits per heavy atom. The van der Waals surface area contributed by atoms with Gasteiger partial charge >= 0.3 is 0 Å². The van der Waals surface area contributed by atoms with Crippen LogP contribution in [0.4, 0.5) is 0 Å². The lowest BCUT2D eigenvalue weighted by Gasteiger charge is -2.10. The molecule has 0 spiro atoms. The third-order valence-electron chi connectivity index (χ3n) is 2.95. The molecule has 0 N–H and O–H groups in total. The minimum absolute atomic E-state index is 1.08. The van der Waals surface area contributed by atoms with Crippen LogP contribution in [0, 0.1) is 0 Å². The lowest BCUT2D eigenvalue weighted by Crippen LogP contribution is -1.86. The average Bonchev–Trinajstić information content (AvgIpc) is 2.40. The highest BCUT2D eigenvalue weighted by Gasteiger charge is 2.04. The maximum Gasteiger partial charge on any atom is -0.0109 e. The molecule has 2 aromatic carbocycles. The summed E-state index contributed by atoms with van der Waals surface area (Å²) in [5, 5.41) is 0. The van der Waals surface area contributed by atoms with E-state index >= 15 is 0 Å². The van der Waals surface area contributed by atoms with E-state index in [2.05, 4.69) is 74.5 Å². The van der Waals surface area contributed by atoms with E-state index in [4.69, 9.17) is 0 Å². The first kappa shape index (κ1) is 11.7. The molecule has 0 saturated carbocycles. The van der Waals surface area contributed by atoms with Crippen molar-refractivity contribution >= 4 is 5.57 Å². The van der Waals surface area contributed by atoms with E-state index in [1.165, 1.54) is 22.3 Å². The molecule has 0 heteroatoms. The molecule has 0 aromatic heterocycles. The second-order valence-corrected chi connectivity index (χ2v) is 4.21. The Bertz CT molecular complexity index is 507. The Balaban J connectivity index is 2.52. The summed E-state index contributed by atoms with van der Waals surface area (Å²) in [6.07, 6.45) is 3.36. The fourth-order valence-corrected chi connectivity index (χ4v) is 2.11. The molecule has 17 heavy (non-hydrogen) atoms. The Labute approximate surface area is 104 Å². The van der Waals surface area contributed by atoms with E-state index in [1.54, 1.807) is 0 Å². The number of benzene rings is 2. The van der Waals surface area contributed by atoms with Gasteiger partial charge in [0.2, 0.25) is 0 Å². The zero-order valence-electron chi connectivity index (χ0n) is 10.5. The Kier molecular flexibility index (Phi) is 3.77. The van der Waals surface area contributed by atoms with E-state index in [0.29, 0.717) is 0 Å². The summed E-state index contributed by atoms with van der Waals surface area (Å²) < 4.78 is 0. The lowest BCUT2D eigenvalue weighted by molar-refractivity contribution is 1.22. The molecule has 0 radical (unpaired) electrons. The van der Waals surface area contributed by atoms with Gasteiger partial charge in [0.05, 0.1) is 0 Å². The molecule has 0 nitrogen and oxygen atoms in total. The molecule has 0 bridgehead atoms. The van der Waals surface area contributed by atoms with Crippen LogP contribution in [0.5, 0.6) is 0 Å². The molecule has 0 fully saturated rings. The molecule has 0 saturated heterocycles. The van der Waals surface area contributed by atoms with Crippen LogP contribution < -0.4 is 0 Å². The number of hydrogen-bond acceptors (Lipinski definition) is 0. The first-order valence-electron chi connectivity index (χ1n) is 6.14. The van der Waals surface area contributed by atoms with Crippen LogP contribution in [0.2, 0.25) is 0 Å². The van der Waals surface area contributed by atoms with E-state index in [9.17, 15) is 0 Å². The van der Waals surface area contributed by atoms with Crippen molar-refractivity contribution in [3.8, 4) is 11.1 Å². The van der Waals surface area contributed by atoms with Crippen molar-refractivity contribution in [2.24, 2.45) is 0 Å². The second-order valence-electron chi connectivity index (χ2n) is 4.21. The van der Waals surface area contributed by atoms with Crippen LogP contribution in [0.3, 0.4) is 0 Å². The van der Waals surface area contributed by atoms with Crippen molar-refractivity contribution in [2.75, 3.05) is 0 Å². The average molecular weight is 222 g/mol. The highest BCUT2D eigenvalue weighted by molar-refractivity contribution is 5.80. The van der Waals surface area contributed by atoms with Gasteiger partial charge in [-0.15, -0.1) is 0 Å². The summed E-state index contributed by atoms with van der Waals surface area (Å²) in [4.78, 5) is 0. The lowest BCUT2D eigenvalue weighted by atomic mass is 9.95. The van der Waals surface area contributed by atoms with Crippen LogP contribution >= 0.6 is 0 Å². The van der Waals surface area contributed by atoms with Crippen LogP contribution in [-0.4, -0.2) is 0 Å². The van der Waals surface area contributed by atoms with Crippen molar-refractivity contribution in [3.63, 3.8) is 0 Å². The van der Waals surface area contributed by atoms with Gasteiger partial charge in [0, 0.05) is 0 Å². The molecule has 0 heterocycles. The molecule has 0 aliphatic carbocycles. The number of allylic oxidation sites excluding steroid dienone is 2. The monoisotopic (exact) mass is 222 g/mol. The predicted molar refractivity (Wildman–Crippen MR) is 75.8 cm³/mol. The van der Waals surface area contributed by atoms with Crippen molar-refractivity contribution in [3.05, 3.63) is 66.2 Å². The highest BCUT2D eigenvalue weighted by atomic mass is 14.1. The third kappa shape index (κ3) is 2.65. The summed E-state index contributed by atoms with van der Waals surface area (Å²) in [5.41, 5.74) is 5.29. The maximum absolute atomic E-state index is 2.28. The van der Waals surface area contributed by atoms with Gasteiger partial charge in [-0.3, -0.25) is 0 Å². The van der Waals surface area contributed by atoms with Crippen LogP contribution in [0.25, 0.3) is 16.7 Å². The fourth-order valence-electron chi connectivity index (χ4n) is 2.11. The van der Waals surface area contributed by atoms with E-state index in [0.717, 1.165) is 6.42 Å². The first-order valence-corrected chi connectivity index (χ1v) is 6.14. The van der Waals surface area contributed by atoms with Crippen LogP contribution in [0.15, 0.2) is 60.7 Å². The van der Waals surface area contributed by atoms with Crippen molar-refractivity contribution in [1.29, 1.82) is 0 Å². The van der Waals surface area contributed by atoms with Gasteiger partial charge in [-0.1, -0.05) is 67.6 Å². The normalized spacial score (nSPS) is 11.5. The third-order valence-corrected chi connectivity index (χ3v) is 2.95. The van der Waals surface area contributed by atoms with Crippen molar-refractivity contribution in [2.45, 2.75) is 20.3 Å². The number of rotatable bonds is 3. The summed E-state index contributed by atoms with van der Waals surface area (Å²) >= 11 is 0. The molecule has 86 valence electrons. The summed E-state index contributed by atoms with van der Waals surface area (Å²) in [6.45, 7) is 4.36. The fraction of sp³-hybridized carbons (Fsp3) is 0.176. The van der Waals surface area contributed by atoms with Gasteiger partial charge in [-0.25, -0.2) is 0 Å². The Morgan fingerprint density at radius 2 is 1.59 bits per heavy atom. The zero-order chi connectivity index (χ0) is 12.1. The Morgan fingerprint density at radius 1 is 0.941 bits per heavy atom. The standard InChI is InChI=1S/C17H18/c1-3-9-14(2)16-12-7-8-13-17(16)15-10-5-4-6-11-15/h4-13H,3H2,1-2H3. The molecular formula is C17H18. The van der Waals surface area contributed by atoms with E-state index in [-0.39, 0.29) is 0 Å². The summed E-state index contributed by atoms with van der Waals surface area (Å²) in [5.74, 6) is 0.